The van der Waals surface area contributed by atoms with Gasteiger partial charge in [0, 0.05) is 19.6 Å². The van der Waals surface area contributed by atoms with Gasteiger partial charge in [-0.3, -0.25) is 0 Å². The van der Waals surface area contributed by atoms with E-state index in [4.69, 9.17) is 0 Å². The highest BCUT2D eigenvalue weighted by Crippen LogP contribution is 2.06. The summed E-state index contributed by atoms with van der Waals surface area (Å²) < 4.78 is 0. The van der Waals surface area contributed by atoms with Crippen molar-refractivity contribution >= 4 is 6.03 Å². The van der Waals surface area contributed by atoms with Crippen molar-refractivity contribution in [3.05, 3.63) is 83.9 Å². The number of carbonyl (C=O) groups is 1. The molecule has 0 aromatic heterocycles. The molecule has 2 rings (SSSR count). The normalized spacial score (nSPS) is 10.0. The largest absolute Gasteiger partial charge is 0.334 e. The topological polar surface area (TPSA) is 32.3 Å². The van der Waals surface area contributed by atoms with Crippen molar-refractivity contribution in [2.24, 2.45) is 0 Å². The third kappa shape index (κ3) is 4.77. The summed E-state index contributed by atoms with van der Waals surface area (Å²) in [5.74, 6) is 0. The number of benzene rings is 2. The Bertz CT molecular complexity index is 622. The van der Waals surface area contributed by atoms with Crippen LogP contribution in [0.1, 0.15) is 16.7 Å². The molecule has 0 aliphatic rings. The van der Waals surface area contributed by atoms with Gasteiger partial charge in [0.15, 0.2) is 0 Å². The molecule has 0 radical (unpaired) electrons. The number of hydrogen-bond donors (Lipinski definition) is 1. The van der Waals surface area contributed by atoms with Crippen molar-refractivity contribution in [3.8, 4) is 0 Å². The van der Waals surface area contributed by atoms with Crippen molar-refractivity contribution in [2.45, 2.75) is 20.0 Å². The first-order valence-corrected chi connectivity index (χ1v) is 7.42. The smallest absolute Gasteiger partial charge is 0.318 e. The first kappa shape index (κ1) is 15.8. The second kappa shape index (κ2) is 8.03. The van der Waals surface area contributed by atoms with E-state index in [1.165, 1.54) is 5.56 Å². The molecule has 0 saturated heterocycles. The second-order valence-corrected chi connectivity index (χ2v) is 5.30. The van der Waals surface area contributed by atoms with Crippen LogP contribution in [0.2, 0.25) is 0 Å². The lowest BCUT2D eigenvalue weighted by molar-refractivity contribution is 0.200. The molecule has 114 valence electrons. The van der Waals surface area contributed by atoms with Crippen LogP contribution in [0.25, 0.3) is 0 Å². The molecule has 22 heavy (non-hydrogen) atoms. The van der Waals surface area contributed by atoms with E-state index in [9.17, 15) is 4.79 Å². The molecule has 0 aliphatic heterocycles. The van der Waals surface area contributed by atoms with E-state index >= 15 is 0 Å². The Hall–Kier alpha value is -2.55. The van der Waals surface area contributed by atoms with Gasteiger partial charge in [-0.1, -0.05) is 66.2 Å². The second-order valence-electron chi connectivity index (χ2n) is 5.30. The van der Waals surface area contributed by atoms with Crippen molar-refractivity contribution in [2.75, 3.05) is 6.54 Å². The third-order valence-electron chi connectivity index (χ3n) is 3.38. The van der Waals surface area contributed by atoms with Crippen molar-refractivity contribution in [1.82, 2.24) is 10.2 Å². The van der Waals surface area contributed by atoms with E-state index in [1.54, 1.807) is 11.0 Å². The monoisotopic (exact) mass is 294 g/mol. The van der Waals surface area contributed by atoms with E-state index in [0.717, 1.165) is 11.1 Å². The van der Waals surface area contributed by atoms with E-state index in [1.807, 2.05) is 55.5 Å². The number of aryl methyl sites for hydroxylation is 1. The summed E-state index contributed by atoms with van der Waals surface area (Å²) in [6.07, 6.45) is 1.75. The molecular formula is C19H22N2O. The van der Waals surface area contributed by atoms with Crippen molar-refractivity contribution in [1.29, 1.82) is 0 Å². The van der Waals surface area contributed by atoms with Crippen LogP contribution in [0.5, 0.6) is 0 Å². The minimum absolute atomic E-state index is 0.0785. The van der Waals surface area contributed by atoms with E-state index in [-0.39, 0.29) is 6.03 Å². The minimum atomic E-state index is -0.0785. The summed E-state index contributed by atoms with van der Waals surface area (Å²) in [5.41, 5.74) is 3.40. The van der Waals surface area contributed by atoms with Gasteiger partial charge in [0.2, 0.25) is 0 Å². The van der Waals surface area contributed by atoms with Crippen molar-refractivity contribution < 1.29 is 4.79 Å². The highest BCUT2D eigenvalue weighted by atomic mass is 16.2. The molecule has 0 spiro atoms. The lowest BCUT2D eigenvalue weighted by atomic mass is 10.1. The Morgan fingerprint density at radius 3 is 2.55 bits per heavy atom. The van der Waals surface area contributed by atoms with Crippen LogP contribution in [-0.4, -0.2) is 17.5 Å². The van der Waals surface area contributed by atoms with Gasteiger partial charge in [-0.15, -0.1) is 6.58 Å². The molecule has 0 aliphatic carbocycles. The number of hydrogen-bond acceptors (Lipinski definition) is 1. The van der Waals surface area contributed by atoms with Crippen molar-refractivity contribution in [3.63, 3.8) is 0 Å². The van der Waals surface area contributed by atoms with E-state index < -0.39 is 0 Å². The van der Waals surface area contributed by atoms with Crippen LogP contribution in [-0.2, 0) is 13.1 Å². The minimum Gasteiger partial charge on any atom is -0.334 e. The molecule has 3 heteroatoms. The maximum Gasteiger partial charge on any atom is 0.318 e. The predicted octanol–water partition coefficient (Wildman–Crippen LogP) is 3.89. The molecule has 2 aromatic carbocycles. The molecule has 0 atom stereocenters. The molecule has 2 aromatic rings. The molecule has 1 N–H and O–H groups in total. The highest BCUT2D eigenvalue weighted by Gasteiger charge is 2.12. The molecule has 2 amide bonds. The molecular weight excluding hydrogens is 272 g/mol. The Balaban J connectivity index is 1.96. The SMILES string of the molecule is C=CCN(Cc1ccccc1)C(=O)NCc1cccc(C)c1. The Labute approximate surface area is 132 Å². The first-order chi connectivity index (χ1) is 10.7. The number of nitrogens with zero attached hydrogens (tertiary/aromatic N) is 1. The van der Waals surface area contributed by atoms with Crippen LogP contribution < -0.4 is 5.32 Å². The maximum atomic E-state index is 12.4. The molecule has 0 fully saturated rings. The average Bonchev–Trinajstić information content (AvgIpc) is 2.53. The molecule has 0 bridgehead atoms. The van der Waals surface area contributed by atoms with Gasteiger partial charge in [-0.2, -0.15) is 0 Å². The van der Waals surface area contributed by atoms with Gasteiger partial charge in [-0.05, 0) is 18.1 Å². The van der Waals surface area contributed by atoms with Crippen LogP contribution in [0, 0.1) is 6.92 Å². The quantitative estimate of drug-likeness (QED) is 0.805. The van der Waals surface area contributed by atoms with Crippen LogP contribution in [0.3, 0.4) is 0 Å². The molecule has 0 saturated carbocycles. The predicted molar refractivity (Wildman–Crippen MR) is 90.5 cm³/mol. The summed E-state index contributed by atoms with van der Waals surface area (Å²) in [6, 6.07) is 18.0. The summed E-state index contributed by atoms with van der Waals surface area (Å²) in [4.78, 5) is 14.1. The fourth-order valence-corrected chi connectivity index (χ4v) is 2.29. The lowest BCUT2D eigenvalue weighted by Gasteiger charge is -2.22. The van der Waals surface area contributed by atoms with Gasteiger partial charge >= 0.3 is 6.03 Å². The zero-order valence-corrected chi connectivity index (χ0v) is 13.0. The fourth-order valence-electron chi connectivity index (χ4n) is 2.29. The van der Waals surface area contributed by atoms with Gasteiger partial charge < -0.3 is 10.2 Å². The van der Waals surface area contributed by atoms with Gasteiger partial charge in [-0.25, -0.2) is 4.79 Å². The van der Waals surface area contributed by atoms with E-state index in [0.29, 0.717) is 19.6 Å². The summed E-state index contributed by atoms with van der Waals surface area (Å²) in [7, 11) is 0. The zero-order valence-electron chi connectivity index (χ0n) is 13.0. The van der Waals surface area contributed by atoms with Gasteiger partial charge in [0.05, 0.1) is 0 Å². The number of urea groups is 1. The number of carbonyl (C=O) groups excluding carboxylic acids is 1. The maximum absolute atomic E-state index is 12.4. The van der Waals surface area contributed by atoms with E-state index in [2.05, 4.69) is 18.0 Å². The summed E-state index contributed by atoms with van der Waals surface area (Å²) >= 11 is 0. The first-order valence-electron chi connectivity index (χ1n) is 7.42. The summed E-state index contributed by atoms with van der Waals surface area (Å²) in [6.45, 7) is 7.41. The Morgan fingerprint density at radius 1 is 1.14 bits per heavy atom. The number of nitrogens with one attached hydrogen (secondary N) is 1. The lowest BCUT2D eigenvalue weighted by Crippen LogP contribution is -2.39. The standard InChI is InChI=1S/C19H22N2O/c1-3-12-21(15-17-9-5-4-6-10-17)19(22)20-14-18-11-7-8-16(2)13-18/h3-11,13H,1,12,14-15H2,2H3,(H,20,22). The Morgan fingerprint density at radius 2 is 1.86 bits per heavy atom. The average molecular weight is 294 g/mol. The van der Waals surface area contributed by atoms with Gasteiger partial charge in [0.25, 0.3) is 0 Å². The van der Waals surface area contributed by atoms with Crippen LogP contribution in [0.15, 0.2) is 67.3 Å². The third-order valence-corrected chi connectivity index (χ3v) is 3.38. The number of rotatable bonds is 6. The van der Waals surface area contributed by atoms with Crippen LogP contribution >= 0.6 is 0 Å². The highest BCUT2D eigenvalue weighted by molar-refractivity contribution is 5.74. The fraction of sp³-hybridized carbons (Fsp3) is 0.211. The van der Waals surface area contributed by atoms with Gasteiger partial charge in [0.1, 0.15) is 0 Å². The Kier molecular flexibility index (Phi) is 5.78. The van der Waals surface area contributed by atoms with Crippen LogP contribution in [0.4, 0.5) is 4.79 Å². The molecule has 0 heterocycles. The zero-order chi connectivity index (χ0) is 15.8. The molecule has 0 unspecified atom stereocenters. The molecule has 3 nitrogen and oxygen atoms in total. The summed E-state index contributed by atoms with van der Waals surface area (Å²) in [5, 5.41) is 2.97. The number of amides is 2.